The predicted molar refractivity (Wildman–Crippen MR) is 119 cm³/mol. The van der Waals surface area contributed by atoms with Crippen molar-refractivity contribution in [2.24, 2.45) is 0 Å². The van der Waals surface area contributed by atoms with Gasteiger partial charge in [-0.1, -0.05) is 0 Å². The van der Waals surface area contributed by atoms with E-state index >= 15 is 0 Å². The summed E-state index contributed by atoms with van der Waals surface area (Å²) in [6.45, 7) is 6.02. The van der Waals surface area contributed by atoms with Crippen LogP contribution in [0.2, 0.25) is 0 Å². The third-order valence-electron chi connectivity index (χ3n) is 3.56. The van der Waals surface area contributed by atoms with E-state index in [2.05, 4.69) is 17.9 Å². The standard InChI is InChI=1S/C15H14O4.C7H15NO2S/c1-18-12-7-8-13(14(9-12)19-2)15(17)10-3-5-11(16)6-4-10;1-7(2,3)10-6(9)8-4-5-11/h3-9,16H,1-2H3;11H,4-5H2,1-3H3,(H,8,9). The van der Waals surface area contributed by atoms with E-state index in [1.165, 1.54) is 19.2 Å². The highest BCUT2D eigenvalue weighted by atomic mass is 32.1. The Hall–Kier alpha value is -2.87. The first kappa shape index (κ1) is 25.2. The minimum atomic E-state index is -0.416. The van der Waals surface area contributed by atoms with Crippen molar-refractivity contribution in [2.45, 2.75) is 26.4 Å². The lowest BCUT2D eigenvalue weighted by Gasteiger charge is -2.19. The minimum Gasteiger partial charge on any atom is -0.508 e. The number of aromatic hydroxyl groups is 1. The number of alkyl carbamates (subject to hydrolysis) is 1. The van der Waals surface area contributed by atoms with E-state index in [4.69, 9.17) is 14.2 Å². The van der Waals surface area contributed by atoms with Crippen molar-refractivity contribution in [1.29, 1.82) is 0 Å². The maximum absolute atomic E-state index is 12.3. The van der Waals surface area contributed by atoms with Gasteiger partial charge in [-0.15, -0.1) is 0 Å². The second-order valence-electron chi connectivity index (χ2n) is 7.09. The van der Waals surface area contributed by atoms with Gasteiger partial charge in [0.25, 0.3) is 0 Å². The van der Waals surface area contributed by atoms with Crippen molar-refractivity contribution in [2.75, 3.05) is 26.5 Å². The van der Waals surface area contributed by atoms with Crippen LogP contribution < -0.4 is 14.8 Å². The number of benzene rings is 2. The van der Waals surface area contributed by atoms with Gasteiger partial charge in [-0.3, -0.25) is 4.79 Å². The average Bonchev–Trinajstić information content (AvgIpc) is 2.71. The zero-order valence-electron chi connectivity index (χ0n) is 17.9. The number of phenolic OH excluding ortho intramolecular Hbond substituents is 1. The van der Waals surface area contributed by atoms with Crippen LogP contribution in [0.3, 0.4) is 0 Å². The Morgan fingerprint density at radius 3 is 2.17 bits per heavy atom. The van der Waals surface area contributed by atoms with Crippen LogP contribution in [0.1, 0.15) is 36.7 Å². The van der Waals surface area contributed by atoms with Crippen molar-refractivity contribution in [3.05, 3.63) is 53.6 Å². The molecule has 2 rings (SSSR count). The van der Waals surface area contributed by atoms with E-state index in [-0.39, 0.29) is 17.6 Å². The first-order valence-electron chi connectivity index (χ1n) is 9.24. The third kappa shape index (κ3) is 8.65. The number of methoxy groups -OCH3 is 2. The first-order chi connectivity index (χ1) is 14.1. The highest BCUT2D eigenvalue weighted by Crippen LogP contribution is 2.27. The number of carbonyl (C=O) groups excluding carboxylic acids is 2. The highest BCUT2D eigenvalue weighted by Gasteiger charge is 2.16. The fourth-order valence-electron chi connectivity index (χ4n) is 2.23. The number of phenols is 1. The summed E-state index contributed by atoms with van der Waals surface area (Å²) in [4.78, 5) is 23.2. The SMILES string of the molecule is CC(C)(C)OC(=O)NCCS.COc1ccc(C(=O)c2ccc(O)cc2)c(OC)c1. The average molecular weight is 436 g/mol. The van der Waals surface area contributed by atoms with Gasteiger partial charge < -0.3 is 24.6 Å². The summed E-state index contributed by atoms with van der Waals surface area (Å²) >= 11 is 3.94. The number of ether oxygens (including phenoxy) is 3. The van der Waals surface area contributed by atoms with Crippen molar-refractivity contribution in [3.63, 3.8) is 0 Å². The molecular weight excluding hydrogens is 406 g/mol. The second-order valence-corrected chi connectivity index (χ2v) is 7.54. The van der Waals surface area contributed by atoms with Crippen LogP contribution in [0, 0.1) is 0 Å². The molecule has 7 nitrogen and oxygen atoms in total. The minimum absolute atomic E-state index is 0.123. The van der Waals surface area contributed by atoms with E-state index in [1.807, 2.05) is 20.8 Å². The van der Waals surface area contributed by atoms with E-state index < -0.39 is 5.60 Å². The van der Waals surface area contributed by atoms with Crippen LogP contribution in [0.15, 0.2) is 42.5 Å². The molecule has 0 aromatic heterocycles. The molecule has 30 heavy (non-hydrogen) atoms. The van der Waals surface area contributed by atoms with Gasteiger partial charge in [-0.05, 0) is 57.2 Å². The molecule has 0 saturated carbocycles. The molecule has 0 fully saturated rings. The van der Waals surface area contributed by atoms with Gasteiger partial charge >= 0.3 is 6.09 Å². The number of nitrogens with one attached hydrogen (secondary N) is 1. The lowest BCUT2D eigenvalue weighted by molar-refractivity contribution is 0.0531. The molecule has 0 aliphatic heterocycles. The molecule has 0 saturated heterocycles. The summed E-state index contributed by atoms with van der Waals surface area (Å²) < 4.78 is 15.2. The Balaban J connectivity index is 0.000000352. The molecule has 0 radical (unpaired) electrons. The van der Waals surface area contributed by atoms with Gasteiger partial charge in [-0.25, -0.2) is 4.79 Å². The summed E-state index contributed by atoms with van der Waals surface area (Å²) in [5.74, 6) is 1.66. The number of rotatable bonds is 6. The zero-order valence-corrected chi connectivity index (χ0v) is 18.8. The van der Waals surface area contributed by atoms with Crippen LogP contribution >= 0.6 is 12.6 Å². The predicted octanol–water partition coefficient (Wildman–Crippen LogP) is 4.08. The molecule has 0 unspecified atom stereocenters. The molecule has 1 amide bonds. The fraction of sp³-hybridized carbons (Fsp3) is 0.364. The van der Waals surface area contributed by atoms with Crippen LogP contribution in [0.4, 0.5) is 4.79 Å². The van der Waals surface area contributed by atoms with E-state index in [9.17, 15) is 14.7 Å². The maximum atomic E-state index is 12.3. The first-order valence-corrected chi connectivity index (χ1v) is 9.88. The number of hydrogen-bond donors (Lipinski definition) is 3. The quantitative estimate of drug-likeness (QED) is 0.468. The molecule has 0 spiro atoms. The normalized spacial score (nSPS) is 10.3. The molecule has 0 atom stereocenters. The summed E-state index contributed by atoms with van der Waals surface area (Å²) in [6.07, 6.45) is -0.383. The smallest absolute Gasteiger partial charge is 0.407 e. The van der Waals surface area contributed by atoms with Crippen LogP contribution in [0.5, 0.6) is 17.2 Å². The van der Waals surface area contributed by atoms with Crippen molar-refractivity contribution >= 4 is 24.5 Å². The lowest BCUT2D eigenvalue weighted by atomic mass is 10.0. The van der Waals surface area contributed by atoms with Crippen LogP contribution in [-0.4, -0.2) is 49.1 Å². The number of carbonyl (C=O) groups is 2. The molecule has 0 aliphatic rings. The fourth-order valence-corrected chi connectivity index (χ4v) is 2.34. The summed E-state index contributed by atoms with van der Waals surface area (Å²) in [5, 5.41) is 11.8. The molecule has 0 heterocycles. The summed E-state index contributed by atoms with van der Waals surface area (Å²) in [7, 11) is 3.05. The Bertz CT molecular complexity index is 831. The Labute approximate surface area is 182 Å². The Kier molecular flexibility index (Phi) is 10.0. The van der Waals surface area contributed by atoms with Gasteiger partial charge in [0.1, 0.15) is 22.8 Å². The second kappa shape index (κ2) is 12.0. The topological polar surface area (TPSA) is 94.1 Å². The number of thiol groups is 1. The maximum Gasteiger partial charge on any atom is 0.407 e. The molecular formula is C22H29NO6S. The van der Waals surface area contributed by atoms with Gasteiger partial charge in [0.05, 0.1) is 19.8 Å². The third-order valence-corrected chi connectivity index (χ3v) is 3.79. The number of hydrogen-bond acceptors (Lipinski definition) is 7. The van der Waals surface area contributed by atoms with Gasteiger partial charge in [0.15, 0.2) is 5.78 Å². The largest absolute Gasteiger partial charge is 0.508 e. The summed E-state index contributed by atoms with van der Waals surface area (Å²) in [5.41, 5.74) is 0.524. The molecule has 2 aromatic rings. The van der Waals surface area contributed by atoms with Crippen LogP contribution in [0.25, 0.3) is 0 Å². The van der Waals surface area contributed by atoms with E-state index in [0.29, 0.717) is 34.9 Å². The molecule has 2 N–H and O–H groups in total. The van der Waals surface area contributed by atoms with Gasteiger partial charge in [-0.2, -0.15) is 12.6 Å². The van der Waals surface area contributed by atoms with Crippen molar-refractivity contribution < 1.29 is 28.9 Å². The monoisotopic (exact) mass is 435 g/mol. The van der Waals surface area contributed by atoms with E-state index in [1.54, 1.807) is 37.4 Å². The number of ketones is 1. The van der Waals surface area contributed by atoms with Gasteiger partial charge in [0, 0.05) is 23.9 Å². The Morgan fingerprint density at radius 2 is 1.67 bits per heavy atom. The van der Waals surface area contributed by atoms with Crippen molar-refractivity contribution in [1.82, 2.24) is 5.32 Å². The van der Waals surface area contributed by atoms with Crippen LogP contribution in [-0.2, 0) is 4.74 Å². The Morgan fingerprint density at radius 1 is 1.03 bits per heavy atom. The van der Waals surface area contributed by atoms with Gasteiger partial charge in [0.2, 0.25) is 0 Å². The zero-order chi connectivity index (χ0) is 22.7. The highest BCUT2D eigenvalue weighted by molar-refractivity contribution is 7.80. The number of amides is 1. The molecule has 8 heteroatoms. The molecule has 0 aliphatic carbocycles. The molecule has 2 aromatic carbocycles. The summed E-state index contributed by atoms with van der Waals surface area (Å²) in [6, 6.07) is 11.1. The lowest BCUT2D eigenvalue weighted by Crippen LogP contribution is -2.33. The molecule has 164 valence electrons. The molecule has 0 bridgehead atoms. The van der Waals surface area contributed by atoms with E-state index in [0.717, 1.165) is 0 Å². The van der Waals surface area contributed by atoms with Crippen molar-refractivity contribution in [3.8, 4) is 17.2 Å².